The summed E-state index contributed by atoms with van der Waals surface area (Å²) < 4.78 is 7.19. The summed E-state index contributed by atoms with van der Waals surface area (Å²) in [5.74, 6) is 0.516. The van der Waals surface area contributed by atoms with E-state index in [1.807, 2.05) is 35.9 Å². The van der Waals surface area contributed by atoms with Gasteiger partial charge in [-0.25, -0.2) is 4.98 Å². The number of imidazole rings is 1. The first-order valence-corrected chi connectivity index (χ1v) is 7.00. The van der Waals surface area contributed by atoms with Crippen LogP contribution in [0.5, 0.6) is 5.75 Å². The Hall–Kier alpha value is -2.30. The molecule has 1 unspecified atom stereocenters. The Labute approximate surface area is 123 Å². The lowest BCUT2D eigenvalue weighted by Gasteiger charge is -2.06. The van der Waals surface area contributed by atoms with Crippen molar-refractivity contribution in [3.63, 3.8) is 0 Å². The summed E-state index contributed by atoms with van der Waals surface area (Å²) in [7, 11) is 3.61. The second-order valence-corrected chi connectivity index (χ2v) is 5.37. The molecular formula is C16H18N2O3. The first-order chi connectivity index (χ1) is 10.1. The van der Waals surface area contributed by atoms with Gasteiger partial charge in [0, 0.05) is 19.2 Å². The van der Waals surface area contributed by atoms with Gasteiger partial charge < -0.3 is 14.4 Å². The van der Waals surface area contributed by atoms with Gasteiger partial charge in [-0.1, -0.05) is 12.1 Å². The topological polar surface area (TPSA) is 64.4 Å². The van der Waals surface area contributed by atoms with Gasteiger partial charge in [0.25, 0.3) is 0 Å². The van der Waals surface area contributed by atoms with E-state index < -0.39 is 11.9 Å². The minimum absolute atomic E-state index is 0.448. The molecule has 0 spiro atoms. The third-order valence-electron chi connectivity index (χ3n) is 4.16. The highest BCUT2D eigenvalue weighted by Crippen LogP contribution is 2.33. The lowest BCUT2D eigenvalue weighted by molar-refractivity contribution is -0.138. The van der Waals surface area contributed by atoms with Gasteiger partial charge in [-0.3, -0.25) is 4.79 Å². The minimum Gasteiger partial charge on any atom is -0.497 e. The molecule has 2 aromatic rings. The highest BCUT2D eigenvalue weighted by Gasteiger charge is 2.33. The molecule has 1 aliphatic carbocycles. The van der Waals surface area contributed by atoms with E-state index in [-0.39, 0.29) is 0 Å². The maximum absolute atomic E-state index is 11.3. The first-order valence-electron chi connectivity index (χ1n) is 7.00. The highest BCUT2D eigenvalue weighted by molar-refractivity contribution is 5.76. The molecule has 1 heterocycles. The van der Waals surface area contributed by atoms with Crippen molar-refractivity contribution in [3.8, 4) is 5.75 Å². The normalized spacial score (nSPS) is 16.8. The number of carbonyl (C=O) groups is 1. The number of aliphatic carboxylic acids is 1. The zero-order chi connectivity index (χ0) is 15.0. The Morgan fingerprint density at radius 1 is 1.43 bits per heavy atom. The van der Waals surface area contributed by atoms with E-state index in [1.54, 1.807) is 7.11 Å². The maximum atomic E-state index is 11.3. The minimum atomic E-state index is -0.775. The molecule has 21 heavy (non-hydrogen) atoms. The van der Waals surface area contributed by atoms with Crippen LogP contribution in [0, 0.1) is 0 Å². The number of hydrogen-bond donors (Lipinski definition) is 1. The van der Waals surface area contributed by atoms with Crippen molar-refractivity contribution in [1.29, 1.82) is 0 Å². The summed E-state index contributed by atoms with van der Waals surface area (Å²) >= 11 is 0. The van der Waals surface area contributed by atoms with Gasteiger partial charge in [0.2, 0.25) is 0 Å². The summed E-state index contributed by atoms with van der Waals surface area (Å²) in [6, 6.07) is 7.86. The van der Waals surface area contributed by atoms with Crippen LogP contribution in [0.3, 0.4) is 0 Å². The van der Waals surface area contributed by atoms with Crippen LogP contribution in [0.15, 0.2) is 24.3 Å². The SMILES string of the molecule is COc1ccc(Cc2nc3c(n2C)CCC3C(=O)O)cc1. The molecule has 5 nitrogen and oxygen atoms in total. The zero-order valence-electron chi connectivity index (χ0n) is 12.2. The van der Waals surface area contributed by atoms with Gasteiger partial charge in [0.05, 0.1) is 12.8 Å². The summed E-state index contributed by atoms with van der Waals surface area (Å²) in [5, 5.41) is 9.24. The monoisotopic (exact) mass is 286 g/mol. The summed E-state index contributed by atoms with van der Waals surface area (Å²) in [6.45, 7) is 0. The molecule has 1 N–H and O–H groups in total. The molecule has 0 amide bonds. The van der Waals surface area contributed by atoms with E-state index >= 15 is 0 Å². The molecule has 1 aliphatic rings. The lowest BCUT2D eigenvalue weighted by atomic mass is 10.1. The van der Waals surface area contributed by atoms with Gasteiger partial charge >= 0.3 is 5.97 Å². The van der Waals surface area contributed by atoms with E-state index in [2.05, 4.69) is 4.98 Å². The van der Waals surface area contributed by atoms with Crippen molar-refractivity contribution in [1.82, 2.24) is 9.55 Å². The fraction of sp³-hybridized carbons (Fsp3) is 0.375. The molecule has 110 valence electrons. The third-order valence-corrected chi connectivity index (χ3v) is 4.16. The van der Waals surface area contributed by atoms with Crippen LogP contribution < -0.4 is 4.74 Å². The second kappa shape index (κ2) is 5.24. The average Bonchev–Trinajstić information content (AvgIpc) is 3.01. The molecule has 0 fully saturated rings. The van der Waals surface area contributed by atoms with E-state index in [4.69, 9.17) is 4.74 Å². The molecule has 5 heteroatoms. The fourth-order valence-electron chi connectivity index (χ4n) is 2.92. The van der Waals surface area contributed by atoms with E-state index in [0.717, 1.165) is 34.9 Å². The Bertz CT molecular complexity index is 674. The van der Waals surface area contributed by atoms with Crippen molar-refractivity contribution in [2.45, 2.75) is 25.2 Å². The van der Waals surface area contributed by atoms with Crippen molar-refractivity contribution in [2.24, 2.45) is 7.05 Å². The van der Waals surface area contributed by atoms with Crippen molar-refractivity contribution < 1.29 is 14.6 Å². The van der Waals surface area contributed by atoms with Crippen molar-refractivity contribution >= 4 is 5.97 Å². The second-order valence-electron chi connectivity index (χ2n) is 5.37. The first kappa shape index (κ1) is 13.7. The number of hydrogen-bond acceptors (Lipinski definition) is 3. The number of aromatic nitrogens is 2. The average molecular weight is 286 g/mol. The van der Waals surface area contributed by atoms with Crippen LogP contribution >= 0.6 is 0 Å². The van der Waals surface area contributed by atoms with E-state index in [1.165, 1.54) is 0 Å². The number of benzene rings is 1. The highest BCUT2D eigenvalue weighted by atomic mass is 16.5. The zero-order valence-corrected chi connectivity index (χ0v) is 12.2. The van der Waals surface area contributed by atoms with Gasteiger partial charge in [0.15, 0.2) is 0 Å². The summed E-state index contributed by atoms with van der Waals surface area (Å²) in [5.41, 5.74) is 2.94. The van der Waals surface area contributed by atoms with E-state index in [0.29, 0.717) is 12.8 Å². The molecule has 0 radical (unpaired) electrons. The number of fused-ring (bicyclic) bond motifs is 1. The molecule has 1 atom stereocenters. The van der Waals surface area contributed by atoms with Gasteiger partial charge in [-0.2, -0.15) is 0 Å². The van der Waals surface area contributed by atoms with Crippen LogP contribution in [0.1, 0.15) is 35.1 Å². The molecule has 0 aliphatic heterocycles. The van der Waals surface area contributed by atoms with Crippen LogP contribution in [0.2, 0.25) is 0 Å². The molecule has 0 saturated heterocycles. The smallest absolute Gasteiger partial charge is 0.312 e. The number of nitrogens with zero attached hydrogens (tertiary/aromatic N) is 2. The summed E-state index contributed by atoms with van der Waals surface area (Å²) in [6.07, 6.45) is 2.14. The molecule has 0 saturated carbocycles. The predicted molar refractivity (Wildman–Crippen MR) is 77.7 cm³/mol. The van der Waals surface area contributed by atoms with Crippen molar-refractivity contribution in [2.75, 3.05) is 7.11 Å². The van der Waals surface area contributed by atoms with Crippen LogP contribution in [-0.4, -0.2) is 27.7 Å². The van der Waals surface area contributed by atoms with Crippen LogP contribution in [-0.2, 0) is 24.7 Å². The molecule has 3 rings (SSSR count). The lowest BCUT2D eigenvalue weighted by Crippen LogP contribution is -2.09. The van der Waals surface area contributed by atoms with Gasteiger partial charge in [0.1, 0.15) is 17.5 Å². The van der Waals surface area contributed by atoms with Gasteiger partial charge in [-0.05, 0) is 30.5 Å². The standard InChI is InChI=1S/C16H18N2O3/c1-18-13-8-7-12(16(19)20)15(13)17-14(18)9-10-3-5-11(21-2)6-4-10/h3-6,12H,7-9H2,1-2H3,(H,19,20). The maximum Gasteiger partial charge on any atom is 0.312 e. The number of methoxy groups -OCH3 is 1. The van der Waals surface area contributed by atoms with Crippen molar-refractivity contribution in [3.05, 3.63) is 47.0 Å². The number of ether oxygens (including phenoxy) is 1. The fourth-order valence-corrected chi connectivity index (χ4v) is 2.92. The molecule has 1 aromatic heterocycles. The Kier molecular flexibility index (Phi) is 3.41. The Morgan fingerprint density at radius 3 is 2.76 bits per heavy atom. The largest absolute Gasteiger partial charge is 0.497 e. The predicted octanol–water partition coefficient (Wildman–Crippen LogP) is 2.13. The Balaban J connectivity index is 1.87. The molecular weight excluding hydrogens is 268 g/mol. The number of rotatable bonds is 4. The van der Waals surface area contributed by atoms with E-state index in [9.17, 15) is 9.90 Å². The molecule has 0 bridgehead atoms. The third kappa shape index (κ3) is 2.39. The van der Waals surface area contributed by atoms with Crippen LogP contribution in [0.25, 0.3) is 0 Å². The Morgan fingerprint density at radius 2 is 2.14 bits per heavy atom. The quantitative estimate of drug-likeness (QED) is 0.935. The molecule has 1 aromatic carbocycles. The number of carboxylic acid groups (broad SMARTS) is 1. The van der Waals surface area contributed by atoms with Gasteiger partial charge in [-0.15, -0.1) is 0 Å². The summed E-state index contributed by atoms with van der Waals surface area (Å²) in [4.78, 5) is 15.8. The van der Waals surface area contributed by atoms with Crippen LogP contribution in [0.4, 0.5) is 0 Å². The number of carboxylic acids is 1.